The monoisotopic (exact) mass is 273 g/mol. The number of methoxy groups -OCH3 is 1. The Hall–Kier alpha value is -2.22. The van der Waals surface area contributed by atoms with Crippen LogP contribution in [0.4, 0.5) is 10.5 Å². The summed E-state index contributed by atoms with van der Waals surface area (Å²) >= 11 is 0. The van der Waals surface area contributed by atoms with Gasteiger partial charge in [0.1, 0.15) is 12.3 Å². The van der Waals surface area contributed by atoms with Crippen molar-refractivity contribution in [3.63, 3.8) is 0 Å². The number of anilines is 1. The predicted molar refractivity (Wildman–Crippen MR) is 76.6 cm³/mol. The van der Waals surface area contributed by atoms with Crippen LogP contribution in [0.2, 0.25) is 0 Å². The van der Waals surface area contributed by atoms with Crippen LogP contribution in [0.1, 0.15) is 25.7 Å². The van der Waals surface area contributed by atoms with E-state index in [1.54, 1.807) is 24.1 Å². The topological polar surface area (TPSA) is 65.4 Å². The van der Waals surface area contributed by atoms with E-state index in [4.69, 9.17) is 10.00 Å². The van der Waals surface area contributed by atoms with Crippen LogP contribution in [-0.2, 0) is 0 Å². The first-order valence-electron chi connectivity index (χ1n) is 6.84. The fraction of sp³-hybridized carbons (Fsp3) is 0.467. The molecule has 1 aromatic carbocycles. The molecule has 1 saturated carbocycles. The van der Waals surface area contributed by atoms with Crippen LogP contribution in [0.15, 0.2) is 24.3 Å². The lowest BCUT2D eigenvalue weighted by Gasteiger charge is -2.26. The largest absolute Gasteiger partial charge is 0.495 e. The molecule has 0 saturated heterocycles. The third-order valence-electron chi connectivity index (χ3n) is 3.62. The highest BCUT2D eigenvalue weighted by atomic mass is 16.5. The molecule has 106 valence electrons. The molecule has 20 heavy (non-hydrogen) atoms. The number of hydrogen-bond donors (Lipinski definition) is 1. The molecule has 0 radical (unpaired) electrons. The number of rotatable bonds is 4. The zero-order valence-electron chi connectivity index (χ0n) is 11.6. The van der Waals surface area contributed by atoms with Gasteiger partial charge in [-0.1, -0.05) is 25.0 Å². The Morgan fingerprint density at radius 3 is 2.80 bits per heavy atom. The second-order valence-electron chi connectivity index (χ2n) is 4.85. The molecular weight excluding hydrogens is 254 g/mol. The number of para-hydroxylation sites is 2. The van der Waals surface area contributed by atoms with Gasteiger partial charge in [0.05, 0.1) is 18.9 Å². The Labute approximate surface area is 119 Å². The number of nitrogens with one attached hydrogen (secondary N) is 1. The van der Waals surface area contributed by atoms with Crippen molar-refractivity contribution in [2.75, 3.05) is 19.0 Å². The number of benzene rings is 1. The Morgan fingerprint density at radius 1 is 1.45 bits per heavy atom. The molecule has 1 aliphatic rings. The van der Waals surface area contributed by atoms with Gasteiger partial charge in [0.25, 0.3) is 0 Å². The van der Waals surface area contributed by atoms with E-state index in [9.17, 15) is 4.79 Å². The first kappa shape index (κ1) is 14.2. The predicted octanol–water partition coefficient (Wildman–Crippen LogP) is 3.00. The molecule has 0 heterocycles. The SMILES string of the molecule is COc1ccccc1NC(=O)N(CC#N)C1CCCC1. The Bertz CT molecular complexity index is 504. The van der Waals surface area contributed by atoms with Crippen molar-refractivity contribution >= 4 is 11.7 Å². The van der Waals surface area contributed by atoms with E-state index in [1.165, 1.54) is 0 Å². The Morgan fingerprint density at radius 2 is 2.15 bits per heavy atom. The van der Waals surface area contributed by atoms with Crippen molar-refractivity contribution in [3.05, 3.63) is 24.3 Å². The van der Waals surface area contributed by atoms with Crippen molar-refractivity contribution in [2.24, 2.45) is 0 Å². The van der Waals surface area contributed by atoms with Crippen LogP contribution >= 0.6 is 0 Å². The summed E-state index contributed by atoms with van der Waals surface area (Å²) in [7, 11) is 1.56. The van der Waals surface area contributed by atoms with Crippen molar-refractivity contribution in [3.8, 4) is 11.8 Å². The zero-order valence-corrected chi connectivity index (χ0v) is 11.6. The van der Waals surface area contributed by atoms with E-state index in [0.717, 1.165) is 25.7 Å². The molecule has 0 spiro atoms. The summed E-state index contributed by atoms with van der Waals surface area (Å²) in [6.45, 7) is 0.117. The van der Waals surface area contributed by atoms with Gasteiger partial charge in [0, 0.05) is 6.04 Å². The highest BCUT2D eigenvalue weighted by Crippen LogP contribution is 2.26. The average Bonchev–Trinajstić information content (AvgIpc) is 2.99. The highest BCUT2D eigenvalue weighted by Gasteiger charge is 2.26. The van der Waals surface area contributed by atoms with Crippen LogP contribution in [0.5, 0.6) is 5.75 Å². The van der Waals surface area contributed by atoms with E-state index >= 15 is 0 Å². The van der Waals surface area contributed by atoms with Gasteiger partial charge in [-0.15, -0.1) is 0 Å². The quantitative estimate of drug-likeness (QED) is 0.858. The molecule has 0 bridgehead atoms. The van der Waals surface area contributed by atoms with Crippen LogP contribution in [-0.4, -0.2) is 30.6 Å². The van der Waals surface area contributed by atoms with Gasteiger partial charge in [0.2, 0.25) is 0 Å². The van der Waals surface area contributed by atoms with Crippen molar-refractivity contribution in [2.45, 2.75) is 31.7 Å². The molecule has 2 rings (SSSR count). The van der Waals surface area contributed by atoms with Crippen LogP contribution < -0.4 is 10.1 Å². The van der Waals surface area contributed by atoms with Crippen molar-refractivity contribution in [1.82, 2.24) is 4.90 Å². The summed E-state index contributed by atoms with van der Waals surface area (Å²) in [5.41, 5.74) is 0.626. The summed E-state index contributed by atoms with van der Waals surface area (Å²) in [6.07, 6.45) is 4.19. The summed E-state index contributed by atoms with van der Waals surface area (Å²) in [5, 5.41) is 11.8. The van der Waals surface area contributed by atoms with Gasteiger partial charge in [-0.3, -0.25) is 0 Å². The van der Waals surface area contributed by atoms with E-state index < -0.39 is 0 Å². The Balaban J connectivity index is 2.10. The van der Waals surface area contributed by atoms with Gasteiger partial charge in [-0.25, -0.2) is 4.79 Å². The third-order valence-corrected chi connectivity index (χ3v) is 3.62. The number of carbonyl (C=O) groups is 1. The minimum Gasteiger partial charge on any atom is -0.495 e. The zero-order chi connectivity index (χ0) is 14.4. The standard InChI is InChI=1S/C15H19N3O2/c1-20-14-9-5-4-8-13(14)17-15(19)18(11-10-16)12-6-2-3-7-12/h4-5,8-9,12H,2-3,6-7,11H2,1H3,(H,17,19). The first-order chi connectivity index (χ1) is 9.76. The maximum absolute atomic E-state index is 12.4. The van der Waals surface area contributed by atoms with Gasteiger partial charge < -0.3 is 15.0 Å². The number of nitriles is 1. The Kier molecular flexibility index (Phi) is 4.83. The maximum Gasteiger partial charge on any atom is 0.323 e. The van der Waals surface area contributed by atoms with E-state index in [0.29, 0.717) is 11.4 Å². The second-order valence-corrected chi connectivity index (χ2v) is 4.85. The maximum atomic E-state index is 12.4. The van der Waals surface area contributed by atoms with Crippen LogP contribution in [0.3, 0.4) is 0 Å². The van der Waals surface area contributed by atoms with Gasteiger partial charge in [-0.05, 0) is 25.0 Å². The van der Waals surface area contributed by atoms with Crippen molar-refractivity contribution < 1.29 is 9.53 Å². The molecular formula is C15H19N3O2. The minimum atomic E-state index is -0.233. The first-order valence-corrected chi connectivity index (χ1v) is 6.84. The molecule has 0 aliphatic heterocycles. The lowest BCUT2D eigenvalue weighted by atomic mass is 10.2. The fourth-order valence-electron chi connectivity index (χ4n) is 2.59. The number of carbonyl (C=O) groups excluding carboxylic acids is 1. The summed E-state index contributed by atoms with van der Waals surface area (Å²) in [4.78, 5) is 14.0. The molecule has 1 aliphatic carbocycles. The van der Waals surface area contributed by atoms with Crippen LogP contribution in [0, 0.1) is 11.3 Å². The fourth-order valence-corrected chi connectivity index (χ4v) is 2.59. The molecule has 0 aromatic heterocycles. The van der Waals surface area contributed by atoms with Crippen molar-refractivity contribution in [1.29, 1.82) is 5.26 Å². The lowest BCUT2D eigenvalue weighted by molar-refractivity contribution is 0.197. The molecule has 0 unspecified atom stereocenters. The van der Waals surface area contributed by atoms with Gasteiger partial charge >= 0.3 is 6.03 Å². The molecule has 5 heteroatoms. The highest BCUT2D eigenvalue weighted by molar-refractivity contribution is 5.91. The second kappa shape index (κ2) is 6.80. The van der Waals surface area contributed by atoms with E-state index in [1.807, 2.05) is 12.1 Å². The number of ether oxygens (including phenoxy) is 1. The van der Waals surface area contributed by atoms with E-state index in [2.05, 4.69) is 11.4 Å². The van der Waals surface area contributed by atoms with Crippen LogP contribution in [0.25, 0.3) is 0 Å². The molecule has 1 N–H and O–H groups in total. The summed E-state index contributed by atoms with van der Waals surface area (Å²) in [5.74, 6) is 0.615. The van der Waals surface area contributed by atoms with Gasteiger partial charge in [-0.2, -0.15) is 5.26 Å². The normalized spacial score (nSPS) is 14.6. The average molecular weight is 273 g/mol. The summed E-state index contributed by atoms with van der Waals surface area (Å²) in [6, 6.07) is 9.27. The number of hydrogen-bond acceptors (Lipinski definition) is 3. The van der Waals surface area contributed by atoms with E-state index in [-0.39, 0.29) is 18.6 Å². The lowest BCUT2D eigenvalue weighted by Crippen LogP contribution is -2.41. The molecule has 5 nitrogen and oxygen atoms in total. The van der Waals surface area contributed by atoms with Gasteiger partial charge in [0.15, 0.2) is 0 Å². The summed E-state index contributed by atoms with van der Waals surface area (Å²) < 4.78 is 5.21. The number of nitrogens with zero attached hydrogens (tertiary/aromatic N) is 2. The molecule has 1 aromatic rings. The molecule has 0 atom stereocenters. The third kappa shape index (κ3) is 3.21. The number of urea groups is 1. The smallest absolute Gasteiger partial charge is 0.323 e. The molecule has 1 fully saturated rings. The minimum absolute atomic E-state index is 0.117. The molecule has 2 amide bonds. The number of amides is 2.